The van der Waals surface area contributed by atoms with Gasteiger partial charge in [-0.2, -0.15) is 0 Å². The standard InChI is InChI=1S/C16H18N2O2/c1-10-6-7-14(15(19)8-10)16(20)18-11(2)12-4-3-5-13(17)9-12/h3-9,11,19H,17H2,1-2H3,(H,18,20). The fourth-order valence-electron chi connectivity index (χ4n) is 2.02. The van der Waals surface area contributed by atoms with E-state index in [0.29, 0.717) is 5.69 Å². The Balaban J connectivity index is 2.15. The van der Waals surface area contributed by atoms with Crippen molar-refractivity contribution in [3.8, 4) is 5.75 Å². The summed E-state index contributed by atoms with van der Waals surface area (Å²) in [4.78, 5) is 12.1. The van der Waals surface area contributed by atoms with E-state index in [1.54, 1.807) is 24.3 Å². The quantitative estimate of drug-likeness (QED) is 0.751. The average molecular weight is 270 g/mol. The van der Waals surface area contributed by atoms with Crippen LogP contribution in [0.3, 0.4) is 0 Å². The molecule has 1 amide bonds. The molecule has 0 aliphatic heterocycles. The molecule has 2 rings (SSSR count). The number of rotatable bonds is 3. The molecule has 1 atom stereocenters. The zero-order chi connectivity index (χ0) is 14.7. The second kappa shape index (κ2) is 5.65. The molecule has 104 valence electrons. The van der Waals surface area contributed by atoms with Crippen LogP contribution in [0.15, 0.2) is 42.5 Å². The van der Waals surface area contributed by atoms with Crippen molar-refractivity contribution in [1.82, 2.24) is 5.32 Å². The van der Waals surface area contributed by atoms with Crippen LogP contribution < -0.4 is 11.1 Å². The van der Waals surface area contributed by atoms with Crippen LogP contribution in [0, 0.1) is 6.92 Å². The molecule has 0 saturated heterocycles. The lowest BCUT2D eigenvalue weighted by atomic mass is 10.1. The smallest absolute Gasteiger partial charge is 0.255 e. The first kappa shape index (κ1) is 13.9. The van der Waals surface area contributed by atoms with Crippen molar-refractivity contribution in [2.75, 3.05) is 5.73 Å². The minimum absolute atomic E-state index is 0.0118. The highest BCUT2D eigenvalue weighted by Crippen LogP contribution is 2.20. The van der Waals surface area contributed by atoms with E-state index in [2.05, 4.69) is 5.32 Å². The fraction of sp³-hybridized carbons (Fsp3) is 0.188. The van der Waals surface area contributed by atoms with Crippen molar-refractivity contribution in [3.05, 3.63) is 59.2 Å². The first-order valence-corrected chi connectivity index (χ1v) is 6.43. The van der Waals surface area contributed by atoms with Gasteiger partial charge in [-0.15, -0.1) is 0 Å². The number of nitrogens with two attached hydrogens (primary N) is 1. The maximum Gasteiger partial charge on any atom is 0.255 e. The van der Waals surface area contributed by atoms with Crippen molar-refractivity contribution < 1.29 is 9.90 Å². The summed E-state index contributed by atoms with van der Waals surface area (Å²) in [5, 5.41) is 12.7. The van der Waals surface area contributed by atoms with Crippen LogP contribution in [0.2, 0.25) is 0 Å². The molecule has 0 aliphatic carbocycles. The molecule has 4 nitrogen and oxygen atoms in total. The molecule has 4 N–H and O–H groups in total. The summed E-state index contributed by atoms with van der Waals surface area (Å²) in [5.74, 6) is -0.320. The van der Waals surface area contributed by atoms with Gasteiger partial charge in [0.1, 0.15) is 5.75 Å². The van der Waals surface area contributed by atoms with Gasteiger partial charge in [-0.05, 0) is 49.2 Å². The average Bonchev–Trinajstić information content (AvgIpc) is 2.38. The van der Waals surface area contributed by atoms with Crippen molar-refractivity contribution in [2.45, 2.75) is 19.9 Å². The van der Waals surface area contributed by atoms with Crippen LogP contribution in [0.25, 0.3) is 0 Å². The Morgan fingerprint density at radius 2 is 2.00 bits per heavy atom. The van der Waals surface area contributed by atoms with Crippen LogP contribution in [0.5, 0.6) is 5.75 Å². The number of hydrogen-bond acceptors (Lipinski definition) is 3. The summed E-state index contributed by atoms with van der Waals surface area (Å²) in [7, 11) is 0. The third-order valence-electron chi connectivity index (χ3n) is 3.16. The van der Waals surface area contributed by atoms with Crippen molar-refractivity contribution >= 4 is 11.6 Å². The minimum atomic E-state index is -0.308. The first-order chi connectivity index (χ1) is 9.47. The molecule has 0 aliphatic rings. The molecule has 0 bridgehead atoms. The minimum Gasteiger partial charge on any atom is -0.507 e. The van der Waals surface area contributed by atoms with E-state index >= 15 is 0 Å². The molecule has 4 heteroatoms. The van der Waals surface area contributed by atoms with Crippen LogP contribution in [0.1, 0.15) is 34.5 Å². The highest BCUT2D eigenvalue weighted by molar-refractivity contribution is 5.97. The van der Waals surface area contributed by atoms with Crippen molar-refractivity contribution in [1.29, 1.82) is 0 Å². The Labute approximate surface area is 118 Å². The Kier molecular flexibility index (Phi) is 3.94. The monoisotopic (exact) mass is 270 g/mol. The number of carbonyl (C=O) groups is 1. The number of phenols is 1. The van der Waals surface area contributed by atoms with Gasteiger partial charge in [0, 0.05) is 5.69 Å². The van der Waals surface area contributed by atoms with Gasteiger partial charge in [-0.3, -0.25) is 4.79 Å². The van der Waals surface area contributed by atoms with Crippen LogP contribution in [-0.2, 0) is 0 Å². The highest BCUT2D eigenvalue weighted by atomic mass is 16.3. The third-order valence-corrected chi connectivity index (χ3v) is 3.16. The van der Waals surface area contributed by atoms with Gasteiger partial charge < -0.3 is 16.2 Å². The van der Waals surface area contributed by atoms with Crippen molar-refractivity contribution in [2.24, 2.45) is 0 Å². The Hall–Kier alpha value is -2.49. The summed E-state index contributed by atoms with van der Waals surface area (Å²) < 4.78 is 0. The van der Waals surface area contributed by atoms with Gasteiger partial charge in [-0.1, -0.05) is 18.2 Å². The summed E-state index contributed by atoms with van der Waals surface area (Å²) in [6.07, 6.45) is 0. The molecule has 0 radical (unpaired) electrons. The van der Waals surface area contributed by atoms with Gasteiger partial charge >= 0.3 is 0 Å². The molecule has 0 aromatic heterocycles. The molecule has 0 fully saturated rings. The predicted octanol–water partition coefficient (Wildman–Crippen LogP) is 2.77. The molecular weight excluding hydrogens is 252 g/mol. The van der Waals surface area contributed by atoms with E-state index in [9.17, 15) is 9.90 Å². The molecular formula is C16H18N2O2. The molecule has 2 aromatic carbocycles. The van der Waals surface area contributed by atoms with E-state index in [4.69, 9.17) is 5.73 Å². The number of amides is 1. The van der Waals surface area contributed by atoms with E-state index in [0.717, 1.165) is 11.1 Å². The fourth-order valence-corrected chi connectivity index (χ4v) is 2.02. The van der Waals surface area contributed by atoms with Gasteiger partial charge in [0.05, 0.1) is 11.6 Å². The number of phenolic OH excluding ortho intramolecular Hbond substituents is 1. The normalized spacial score (nSPS) is 11.9. The lowest BCUT2D eigenvalue weighted by Gasteiger charge is -2.15. The molecule has 20 heavy (non-hydrogen) atoms. The third kappa shape index (κ3) is 3.09. The maximum atomic E-state index is 12.1. The van der Waals surface area contributed by atoms with Crippen molar-refractivity contribution in [3.63, 3.8) is 0 Å². The zero-order valence-corrected chi connectivity index (χ0v) is 11.6. The number of benzene rings is 2. The van der Waals surface area contributed by atoms with Gasteiger partial charge in [0.25, 0.3) is 5.91 Å². The summed E-state index contributed by atoms with van der Waals surface area (Å²) in [5.41, 5.74) is 8.48. The number of carbonyl (C=O) groups excluding carboxylic acids is 1. The van der Waals surface area contributed by atoms with E-state index < -0.39 is 0 Å². The Morgan fingerprint density at radius 1 is 1.25 bits per heavy atom. The molecule has 0 heterocycles. The Bertz CT molecular complexity index is 638. The van der Waals surface area contributed by atoms with Crippen LogP contribution >= 0.6 is 0 Å². The number of nitrogen functional groups attached to an aromatic ring is 1. The first-order valence-electron chi connectivity index (χ1n) is 6.43. The second-order valence-electron chi connectivity index (χ2n) is 4.89. The largest absolute Gasteiger partial charge is 0.507 e. The van der Waals surface area contributed by atoms with E-state index in [1.165, 1.54) is 0 Å². The van der Waals surface area contributed by atoms with E-state index in [-0.39, 0.29) is 23.3 Å². The lowest BCUT2D eigenvalue weighted by Crippen LogP contribution is -2.26. The molecule has 2 aromatic rings. The number of aromatic hydroxyl groups is 1. The summed E-state index contributed by atoms with van der Waals surface area (Å²) in [6.45, 7) is 3.73. The second-order valence-corrected chi connectivity index (χ2v) is 4.89. The van der Waals surface area contributed by atoms with Gasteiger partial charge in [0.15, 0.2) is 0 Å². The SMILES string of the molecule is Cc1ccc(C(=O)NC(C)c2cccc(N)c2)c(O)c1. The topological polar surface area (TPSA) is 75.4 Å². The predicted molar refractivity (Wildman–Crippen MR) is 79.6 cm³/mol. The zero-order valence-electron chi connectivity index (χ0n) is 11.6. The highest BCUT2D eigenvalue weighted by Gasteiger charge is 2.14. The number of anilines is 1. The number of aryl methyl sites for hydroxylation is 1. The van der Waals surface area contributed by atoms with E-state index in [1.807, 2.05) is 32.0 Å². The molecule has 0 saturated carbocycles. The van der Waals surface area contributed by atoms with Crippen LogP contribution in [0.4, 0.5) is 5.69 Å². The number of hydrogen-bond donors (Lipinski definition) is 3. The molecule has 1 unspecified atom stereocenters. The van der Waals surface area contributed by atoms with Crippen LogP contribution in [-0.4, -0.2) is 11.0 Å². The Morgan fingerprint density at radius 3 is 2.65 bits per heavy atom. The summed E-state index contributed by atoms with van der Waals surface area (Å²) >= 11 is 0. The van der Waals surface area contributed by atoms with Gasteiger partial charge in [-0.25, -0.2) is 0 Å². The van der Waals surface area contributed by atoms with Gasteiger partial charge in [0.2, 0.25) is 0 Å². The summed E-state index contributed by atoms with van der Waals surface area (Å²) in [6, 6.07) is 12.1. The number of nitrogens with one attached hydrogen (secondary N) is 1. The maximum absolute atomic E-state index is 12.1. The molecule has 0 spiro atoms. The lowest BCUT2D eigenvalue weighted by molar-refractivity contribution is 0.0937.